The summed E-state index contributed by atoms with van der Waals surface area (Å²) in [4.78, 5) is 17.4. The van der Waals surface area contributed by atoms with Crippen molar-refractivity contribution in [3.05, 3.63) is 71.1 Å². The Balaban J connectivity index is 1.44. The van der Waals surface area contributed by atoms with Gasteiger partial charge in [-0.3, -0.25) is 4.79 Å². The lowest BCUT2D eigenvalue weighted by Crippen LogP contribution is -2.16. The first-order valence-corrected chi connectivity index (χ1v) is 10.0. The number of benzene rings is 1. The summed E-state index contributed by atoms with van der Waals surface area (Å²) in [6, 6.07) is 11.8. The smallest absolute Gasteiger partial charge is 0.274 e. The second-order valence-corrected chi connectivity index (χ2v) is 7.56. The molecular formula is C22H26N6O. The van der Waals surface area contributed by atoms with Gasteiger partial charge >= 0.3 is 0 Å². The Kier molecular flexibility index (Phi) is 5.67. The van der Waals surface area contributed by atoms with Gasteiger partial charge in [0, 0.05) is 37.3 Å². The topological polar surface area (TPSA) is 84.7 Å². The number of hydrogen-bond acceptors (Lipinski definition) is 5. The highest BCUT2D eigenvalue weighted by Crippen LogP contribution is 2.40. The highest BCUT2D eigenvalue weighted by Gasteiger charge is 2.28. The van der Waals surface area contributed by atoms with E-state index in [1.165, 1.54) is 5.56 Å². The molecule has 0 bridgehead atoms. The van der Waals surface area contributed by atoms with Crippen molar-refractivity contribution in [3.63, 3.8) is 0 Å². The number of hydrogen-bond donors (Lipinski definition) is 2. The molecule has 0 aliphatic heterocycles. The normalized spacial score (nSPS) is 13.4. The molecule has 1 fully saturated rings. The van der Waals surface area contributed by atoms with Crippen molar-refractivity contribution in [3.8, 4) is 0 Å². The fraction of sp³-hybridized carbons (Fsp3) is 0.364. The van der Waals surface area contributed by atoms with Gasteiger partial charge in [0.1, 0.15) is 17.8 Å². The molecule has 0 unspecified atom stereocenters. The minimum Gasteiger partial charge on any atom is -0.321 e. The maximum atomic E-state index is 12.8. The average Bonchev–Trinajstić information content (AvgIpc) is 3.49. The Morgan fingerprint density at radius 1 is 1.21 bits per heavy atom. The van der Waals surface area contributed by atoms with Gasteiger partial charge in [-0.05, 0) is 55.6 Å². The molecule has 3 aromatic rings. The molecule has 1 amide bonds. The van der Waals surface area contributed by atoms with Crippen LogP contribution in [0.15, 0.2) is 42.7 Å². The van der Waals surface area contributed by atoms with Crippen molar-refractivity contribution in [2.75, 3.05) is 12.4 Å². The van der Waals surface area contributed by atoms with Crippen LogP contribution in [0.25, 0.3) is 0 Å². The summed E-state index contributed by atoms with van der Waals surface area (Å²) >= 11 is 0. The van der Waals surface area contributed by atoms with Gasteiger partial charge in [-0.15, -0.1) is 10.2 Å². The van der Waals surface area contributed by atoms with E-state index >= 15 is 0 Å². The molecule has 1 aromatic carbocycles. The predicted octanol–water partition coefficient (Wildman–Crippen LogP) is 2.84. The quantitative estimate of drug-likeness (QED) is 0.618. The Bertz CT molecular complexity index is 1010. The van der Waals surface area contributed by atoms with Crippen LogP contribution >= 0.6 is 0 Å². The van der Waals surface area contributed by atoms with Gasteiger partial charge in [0.15, 0.2) is 0 Å². The SMILES string of the molecule is CNCc1ccc(C(=O)Nc2cccc(CCc3nncn3C)c2)nc1C1CC1. The highest BCUT2D eigenvalue weighted by atomic mass is 16.1. The number of aromatic nitrogens is 4. The summed E-state index contributed by atoms with van der Waals surface area (Å²) < 4.78 is 1.92. The molecule has 2 heterocycles. The number of aryl methyl sites for hydroxylation is 3. The van der Waals surface area contributed by atoms with E-state index in [0.717, 1.165) is 55.0 Å². The zero-order valence-electron chi connectivity index (χ0n) is 16.9. The number of rotatable bonds is 8. The monoisotopic (exact) mass is 390 g/mol. The number of carbonyl (C=O) groups excluding carboxylic acids is 1. The van der Waals surface area contributed by atoms with Gasteiger partial charge < -0.3 is 15.2 Å². The number of nitrogens with one attached hydrogen (secondary N) is 2. The lowest BCUT2D eigenvalue weighted by atomic mass is 10.1. The molecule has 7 heteroatoms. The molecule has 1 saturated carbocycles. The summed E-state index contributed by atoms with van der Waals surface area (Å²) in [6.45, 7) is 0.772. The Labute approximate surface area is 170 Å². The fourth-order valence-electron chi connectivity index (χ4n) is 3.47. The summed E-state index contributed by atoms with van der Waals surface area (Å²) in [6.07, 6.45) is 5.65. The molecule has 0 radical (unpaired) electrons. The van der Waals surface area contributed by atoms with Crippen molar-refractivity contribution in [1.29, 1.82) is 0 Å². The lowest BCUT2D eigenvalue weighted by Gasteiger charge is -2.11. The van der Waals surface area contributed by atoms with E-state index in [0.29, 0.717) is 11.6 Å². The molecule has 2 N–H and O–H groups in total. The minimum absolute atomic E-state index is 0.173. The summed E-state index contributed by atoms with van der Waals surface area (Å²) in [5.74, 6) is 1.27. The molecule has 1 aliphatic rings. The average molecular weight is 390 g/mol. The van der Waals surface area contributed by atoms with E-state index < -0.39 is 0 Å². The van der Waals surface area contributed by atoms with Crippen LogP contribution < -0.4 is 10.6 Å². The second-order valence-electron chi connectivity index (χ2n) is 7.56. The van der Waals surface area contributed by atoms with Crippen LogP contribution in [0, 0.1) is 0 Å². The molecule has 29 heavy (non-hydrogen) atoms. The number of amides is 1. The van der Waals surface area contributed by atoms with E-state index in [4.69, 9.17) is 0 Å². The maximum absolute atomic E-state index is 12.8. The van der Waals surface area contributed by atoms with Crippen LogP contribution in [0.2, 0.25) is 0 Å². The van der Waals surface area contributed by atoms with E-state index in [9.17, 15) is 4.79 Å². The maximum Gasteiger partial charge on any atom is 0.274 e. The minimum atomic E-state index is -0.173. The van der Waals surface area contributed by atoms with Crippen molar-refractivity contribution >= 4 is 11.6 Å². The molecular weight excluding hydrogens is 364 g/mol. The van der Waals surface area contributed by atoms with Crippen LogP contribution in [0.4, 0.5) is 5.69 Å². The molecule has 7 nitrogen and oxygen atoms in total. The second kappa shape index (κ2) is 8.53. The molecule has 0 saturated heterocycles. The van der Waals surface area contributed by atoms with Crippen LogP contribution in [0.1, 0.15) is 51.9 Å². The van der Waals surface area contributed by atoms with Gasteiger partial charge in [-0.25, -0.2) is 4.98 Å². The van der Waals surface area contributed by atoms with Crippen molar-refractivity contribution in [2.45, 2.75) is 38.1 Å². The number of carbonyl (C=O) groups is 1. The first kappa shape index (κ1) is 19.3. The highest BCUT2D eigenvalue weighted by molar-refractivity contribution is 6.02. The molecule has 2 aromatic heterocycles. The lowest BCUT2D eigenvalue weighted by molar-refractivity contribution is 0.102. The number of anilines is 1. The molecule has 4 rings (SSSR count). The largest absolute Gasteiger partial charge is 0.321 e. The van der Waals surface area contributed by atoms with Crippen molar-refractivity contribution in [2.24, 2.45) is 7.05 Å². The molecule has 0 spiro atoms. The first-order valence-electron chi connectivity index (χ1n) is 10.0. The molecule has 0 atom stereocenters. The van der Waals surface area contributed by atoms with Crippen LogP contribution in [-0.4, -0.2) is 32.7 Å². The van der Waals surface area contributed by atoms with E-state index in [2.05, 4.69) is 31.9 Å². The van der Waals surface area contributed by atoms with Crippen LogP contribution in [0.3, 0.4) is 0 Å². The van der Waals surface area contributed by atoms with E-state index in [-0.39, 0.29) is 5.91 Å². The third-order valence-electron chi connectivity index (χ3n) is 5.20. The number of nitrogens with zero attached hydrogens (tertiary/aromatic N) is 4. The number of pyridine rings is 1. The van der Waals surface area contributed by atoms with Gasteiger partial charge in [0.2, 0.25) is 0 Å². The van der Waals surface area contributed by atoms with Gasteiger partial charge in [-0.1, -0.05) is 18.2 Å². The van der Waals surface area contributed by atoms with Crippen LogP contribution in [-0.2, 0) is 26.4 Å². The van der Waals surface area contributed by atoms with E-state index in [1.54, 1.807) is 6.33 Å². The van der Waals surface area contributed by atoms with Crippen molar-refractivity contribution < 1.29 is 4.79 Å². The zero-order valence-corrected chi connectivity index (χ0v) is 16.9. The fourth-order valence-corrected chi connectivity index (χ4v) is 3.47. The van der Waals surface area contributed by atoms with Crippen molar-refractivity contribution in [1.82, 2.24) is 25.1 Å². The summed E-state index contributed by atoms with van der Waals surface area (Å²) in [5, 5.41) is 14.2. The summed E-state index contributed by atoms with van der Waals surface area (Å²) in [7, 11) is 3.87. The third kappa shape index (κ3) is 4.68. The van der Waals surface area contributed by atoms with Gasteiger partial charge in [-0.2, -0.15) is 0 Å². The van der Waals surface area contributed by atoms with Gasteiger partial charge in [0.05, 0.1) is 0 Å². The molecule has 1 aliphatic carbocycles. The first-order chi connectivity index (χ1) is 14.1. The third-order valence-corrected chi connectivity index (χ3v) is 5.20. The standard InChI is InChI=1S/C22H26N6O/c1-23-13-17-9-10-19(26-21(17)16-7-8-16)22(29)25-18-5-3-4-15(12-18)6-11-20-27-24-14-28(20)2/h3-5,9-10,12,14,16,23H,6-8,11,13H2,1-2H3,(H,25,29). The Morgan fingerprint density at radius 2 is 2.07 bits per heavy atom. The van der Waals surface area contributed by atoms with Crippen LogP contribution in [0.5, 0.6) is 0 Å². The Hall–Kier alpha value is -3.06. The zero-order chi connectivity index (χ0) is 20.2. The predicted molar refractivity (Wildman–Crippen MR) is 112 cm³/mol. The Morgan fingerprint density at radius 3 is 2.79 bits per heavy atom. The van der Waals surface area contributed by atoms with Gasteiger partial charge in [0.25, 0.3) is 5.91 Å². The van der Waals surface area contributed by atoms with E-state index in [1.807, 2.05) is 49.0 Å². The summed E-state index contributed by atoms with van der Waals surface area (Å²) in [5.41, 5.74) is 4.62. The molecule has 150 valence electrons.